The quantitative estimate of drug-likeness (QED) is 0.823. The summed E-state index contributed by atoms with van der Waals surface area (Å²) < 4.78 is 0. The molecule has 0 atom stereocenters. The summed E-state index contributed by atoms with van der Waals surface area (Å²) >= 11 is 1.65. The summed E-state index contributed by atoms with van der Waals surface area (Å²) in [7, 11) is 0. The number of thioether (sulfide) groups is 1. The van der Waals surface area contributed by atoms with Crippen LogP contribution in [0.5, 0.6) is 0 Å². The number of hydrogen-bond donors (Lipinski definition) is 2. The third kappa shape index (κ3) is 4.53. The number of nitrogens with zero attached hydrogens (tertiary/aromatic N) is 1. The van der Waals surface area contributed by atoms with Crippen LogP contribution in [0.1, 0.15) is 6.42 Å². The van der Waals surface area contributed by atoms with Crippen molar-refractivity contribution in [2.24, 2.45) is 0 Å². The first-order valence-corrected chi connectivity index (χ1v) is 7.88. The van der Waals surface area contributed by atoms with Crippen LogP contribution in [-0.4, -0.2) is 49.8 Å². The molecule has 19 heavy (non-hydrogen) atoms. The van der Waals surface area contributed by atoms with Crippen LogP contribution in [0.2, 0.25) is 0 Å². The highest BCUT2D eigenvalue weighted by molar-refractivity contribution is 7.98. The van der Waals surface area contributed by atoms with Crippen LogP contribution >= 0.6 is 11.8 Å². The number of para-hydroxylation sites is 1. The van der Waals surface area contributed by atoms with E-state index in [-0.39, 0.29) is 5.91 Å². The monoisotopic (exact) mass is 279 g/mol. The highest BCUT2D eigenvalue weighted by atomic mass is 32.2. The van der Waals surface area contributed by atoms with Gasteiger partial charge >= 0.3 is 0 Å². The maximum atomic E-state index is 12.1. The summed E-state index contributed by atoms with van der Waals surface area (Å²) in [5.74, 6) is 0.0726. The summed E-state index contributed by atoms with van der Waals surface area (Å²) in [6, 6.07) is 7.91. The van der Waals surface area contributed by atoms with Crippen LogP contribution in [-0.2, 0) is 4.79 Å². The van der Waals surface area contributed by atoms with Gasteiger partial charge in [0.05, 0.1) is 12.2 Å². The van der Waals surface area contributed by atoms with E-state index in [4.69, 9.17) is 0 Å². The predicted molar refractivity (Wildman–Crippen MR) is 80.8 cm³/mol. The van der Waals surface area contributed by atoms with Crippen molar-refractivity contribution in [1.29, 1.82) is 0 Å². The lowest BCUT2D eigenvalue weighted by atomic mass is 10.3. The Morgan fingerprint density at radius 3 is 3.05 bits per heavy atom. The van der Waals surface area contributed by atoms with Gasteiger partial charge in [-0.2, -0.15) is 0 Å². The molecule has 104 valence electrons. The second-order valence-electron chi connectivity index (χ2n) is 4.63. The first kappa shape index (κ1) is 14.4. The van der Waals surface area contributed by atoms with Gasteiger partial charge in [-0.1, -0.05) is 12.1 Å². The van der Waals surface area contributed by atoms with Crippen LogP contribution < -0.4 is 10.6 Å². The van der Waals surface area contributed by atoms with Gasteiger partial charge in [0.1, 0.15) is 0 Å². The Hall–Kier alpha value is -1.04. The third-order valence-electron chi connectivity index (χ3n) is 3.18. The number of rotatable bonds is 4. The molecular weight excluding hydrogens is 258 g/mol. The van der Waals surface area contributed by atoms with Gasteiger partial charge < -0.3 is 10.6 Å². The standard InChI is InChI=1S/C14H21N3OS/c1-19-13-6-3-2-5-12(13)16-14(18)11-17-9-4-7-15-8-10-17/h2-3,5-6,15H,4,7-11H2,1H3,(H,16,18). The zero-order valence-electron chi connectivity index (χ0n) is 11.3. The largest absolute Gasteiger partial charge is 0.324 e. The average molecular weight is 279 g/mol. The topological polar surface area (TPSA) is 44.4 Å². The minimum atomic E-state index is 0.0726. The molecule has 4 nitrogen and oxygen atoms in total. The average Bonchev–Trinajstić information content (AvgIpc) is 2.68. The summed E-state index contributed by atoms with van der Waals surface area (Å²) in [5, 5.41) is 6.35. The Morgan fingerprint density at radius 2 is 2.21 bits per heavy atom. The Bertz CT molecular complexity index is 417. The van der Waals surface area contributed by atoms with Gasteiger partial charge in [0, 0.05) is 18.0 Å². The van der Waals surface area contributed by atoms with Gasteiger partial charge in [-0.05, 0) is 37.9 Å². The fraction of sp³-hybridized carbons (Fsp3) is 0.500. The van der Waals surface area contributed by atoms with Gasteiger partial charge in [-0.25, -0.2) is 0 Å². The van der Waals surface area contributed by atoms with E-state index >= 15 is 0 Å². The van der Waals surface area contributed by atoms with E-state index in [9.17, 15) is 4.79 Å². The van der Waals surface area contributed by atoms with Crippen molar-refractivity contribution >= 4 is 23.4 Å². The van der Waals surface area contributed by atoms with Gasteiger partial charge in [-0.3, -0.25) is 9.69 Å². The molecule has 0 bridgehead atoms. The second-order valence-corrected chi connectivity index (χ2v) is 5.48. The third-order valence-corrected chi connectivity index (χ3v) is 3.98. The molecule has 0 saturated carbocycles. The lowest BCUT2D eigenvalue weighted by molar-refractivity contribution is -0.117. The molecule has 0 aromatic heterocycles. The second kappa shape index (κ2) is 7.53. The highest BCUT2D eigenvalue weighted by Crippen LogP contribution is 2.24. The number of anilines is 1. The Labute approximate surface area is 118 Å². The van der Waals surface area contributed by atoms with Crippen LogP contribution in [0.3, 0.4) is 0 Å². The molecule has 1 aromatic rings. The lowest BCUT2D eigenvalue weighted by Crippen LogP contribution is -2.35. The maximum absolute atomic E-state index is 12.1. The number of benzene rings is 1. The molecule has 0 spiro atoms. The molecular formula is C14H21N3OS. The van der Waals surface area contributed by atoms with Gasteiger partial charge in [0.2, 0.25) is 5.91 Å². The van der Waals surface area contributed by atoms with Crippen LogP contribution in [0.25, 0.3) is 0 Å². The molecule has 0 radical (unpaired) electrons. The van der Waals surface area contributed by atoms with Crippen molar-refractivity contribution in [3.05, 3.63) is 24.3 Å². The summed E-state index contributed by atoms with van der Waals surface area (Å²) in [6.45, 7) is 4.43. The van der Waals surface area contributed by atoms with Crippen molar-refractivity contribution in [2.45, 2.75) is 11.3 Å². The zero-order chi connectivity index (χ0) is 13.5. The van der Waals surface area contributed by atoms with E-state index < -0.39 is 0 Å². The number of amides is 1. The fourth-order valence-corrected chi connectivity index (χ4v) is 2.75. The molecule has 2 rings (SSSR count). The van der Waals surface area contributed by atoms with Gasteiger partial charge in [-0.15, -0.1) is 11.8 Å². The molecule has 1 aliphatic heterocycles. The number of carbonyl (C=O) groups is 1. The van der Waals surface area contributed by atoms with E-state index in [1.807, 2.05) is 30.5 Å². The number of hydrogen-bond acceptors (Lipinski definition) is 4. The molecule has 1 heterocycles. The summed E-state index contributed by atoms with van der Waals surface area (Å²) in [6.07, 6.45) is 3.13. The number of carbonyl (C=O) groups excluding carboxylic acids is 1. The Morgan fingerprint density at radius 1 is 1.37 bits per heavy atom. The van der Waals surface area contributed by atoms with Crippen molar-refractivity contribution in [1.82, 2.24) is 10.2 Å². The molecule has 1 fully saturated rings. The van der Waals surface area contributed by atoms with Crippen molar-refractivity contribution < 1.29 is 4.79 Å². The minimum absolute atomic E-state index is 0.0726. The molecule has 0 aliphatic carbocycles. The number of nitrogens with one attached hydrogen (secondary N) is 2. The van der Waals surface area contributed by atoms with Crippen molar-refractivity contribution in [3.63, 3.8) is 0 Å². The maximum Gasteiger partial charge on any atom is 0.238 e. The minimum Gasteiger partial charge on any atom is -0.324 e. The van der Waals surface area contributed by atoms with Crippen molar-refractivity contribution in [2.75, 3.05) is 44.3 Å². The van der Waals surface area contributed by atoms with Gasteiger partial charge in [0.15, 0.2) is 0 Å². The van der Waals surface area contributed by atoms with E-state index in [0.717, 1.165) is 43.2 Å². The summed E-state index contributed by atoms with van der Waals surface area (Å²) in [4.78, 5) is 15.4. The molecule has 1 aliphatic rings. The SMILES string of the molecule is CSc1ccccc1NC(=O)CN1CCCNCC1. The molecule has 2 N–H and O–H groups in total. The molecule has 1 amide bonds. The zero-order valence-corrected chi connectivity index (χ0v) is 12.1. The van der Waals surface area contributed by atoms with E-state index in [1.54, 1.807) is 11.8 Å². The normalized spacial score (nSPS) is 16.9. The van der Waals surface area contributed by atoms with Crippen LogP contribution in [0.4, 0.5) is 5.69 Å². The van der Waals surface area contributed by atoms with E-state index in [2.05, 4.69) is 15.5 Å². The highest BCUT2D eigenvalue weighted by Gasteiger charge is 2.13. The van der Waals surface area contributed by atoms with Crippen LogP contribution in [0, 0.1) is 0 Å². The summed E-state index contributed by atoms with van der Waals surface area (Å²) in [5.41, 5.74) is 0.910. The molecule has 5 heteroatoms. The fourth-order valence-electron chi connectivity index (χ4n) is 2.20. The Balaban J connectivity index is 1.89. The molecule has 1 aromatic carbocycles. The predicted octanol–water partition coefficient (Wildman–Crippen LogP) is 1.64. The first-order chi connectivity index (χ1) is 9.29. The first-order valence-electron chi connectivity index (χ1n) is 6.65. The lowest BCUT2D eigenvalue weighted by Gasteiger charge is -2.19. The Kier molecular flexibility index (Phi) is 5.69. The van der Waals surface area contributed by atoms with Crippen molar-refractivity contribution in [3.8, 4) is 0 Å². The van der Waals surface area contributed by atoms with Crippen LogP contribution in [0.15, 0.2) is 29.2 Å². The molecule has 1 saturated heterocycles. The smallest absolute Gasteiger partial charge is 0.238 e. The van der Waals surface area contributed by atoms with E-state index in [1.165, 1.54) is 0 Å². The molecule has 0 unspecified atom stereocenters. The van der Waals surface area contributed by atoms with Gasteiger partial charge in [0.25, 0.3) is 0 Å². The van der Waals surface area contributed by atoms with E-state index in [0.29, 0.717) is 6.54 Å².